The molecule has 4 aliphatic carbocycles. The van der Waals surface area contributed by atoms with E-state index < -0.39 is 10.0 Å². The van der Waals surface area contributed by atoms with E-state index in [1.54, 1.807) is 0 Å². The summed E-state index contributed by atoms with van der Waals surface area (Å²) in [5.74, 6) is 2.84. The van der Waals surface area contributed by atoms with Crippen LogP contribution >= 0.6 is 15.9 Å². The van der Waals surface area contributed by atoms with Gasteiger partial charge in [0.2, 0.25) is 10.0 Å². The number of hydrogen-bond donors (Lipinski definition) is 1. The molecule has 0 aromatic rings. The lowest BCUT2D eigenvalue weighted by Gasteiger charge is -2.57. The number of sulfonamides is 1. The monoisotopic (exact) mass is 335 g/mol. The van der Waals surface area contributed by atoms with Gasteiger partial charge >= 0.3 is 0 Å². The van der Waals surface area contributed by atoms with Crippen molar-refractivity contribution in [3.8, 4) is 0 Å². The number of halogens is 1. The first-order chi connectivity index (χ1) is 8.50. The second kappa shape index (κ2) is 4.74. The highest BCUT2D eigenvalue weighted by Gasteiger charge is 2.50. The molecular formula is C13H22BrNO2S. The highest BCUT2D eigenvalue weighted by molar-refractivity contribution is 9.10. The molecule has 0 heterocycles. The highest BCUT2D eigenvalue weighted by atomic mass is 79.9. The lowest BCUT2D eigenvalue weighted by Crippen LogP contribution is -2.47. The minimum Gasteiger partial charge on any atom is -0.214 e. The van der Waals surface area contributed by atoms with Crippen LogP contribution in [-0.4, -0.2) is 19.6 Å². The van der Waals surface area contributed by atoms with Gasteiger partial charge in [-0.05, 0) is 68.1 Å². The van der Waals surface area contributed by atoms with Crippen molar-refractivity contribution in [3.05, 3.63) is 0 Å². The van der Waals surface area contributed by atoms with E-state index in [1.807, 2.05) is 0 Å². The number of rotatable bonds is 5. The molecule has 5 heteroatoms. The van der Waals surface area contributed by atoms with E-state index in [0.717, 1.165) is 24.2 Å². The lowest BCUT2D eigenvalue weighted by atomic mass is 9.49. The number of alkyl halides is 1. The van der Waals surface area contributed by atoms with E-state index in [-0.39, 0.29) is 4.66 Å². The Morgan fingerprint density at radius 3 is 2.00 bits per heavy atom. The maximum Gasteiger partial charge on any atom is 0.221 e. The zero-order chi connectivity index (χ0) is 12.8. The van der Waals surface area contributed by atoms with Crippen molar-refractivity contribution in [2.24, 2.45) is 23.2 Å². The average Bonchev–Trinajstić information content (AvgIpc) is 2.26. The van der Waals surface area contributed by atoms with Crippen molar-refractivity contribution in [2.75, 3.05) is 11.2 Å². The van der Waals surface area contributed by atoms with Gasteiger partial charge in [-0.15, -0.1) is 0 Å². The van der Waals surface area contributed by atoms with Gasteiger partial charge in [0.05, 0.1) is 0 Å². The van der Waals surface area contributed by atoms with Gasteiger partial charge in [-0.25, -0.2) is 13.1 Å². The predicted molar refractivity (Wildman–Crippen MR) is 75.9 cm³/mol. The van der Waals surface area contributed by atoms with E-state index in [1.165, 1.54) is 38.5 Å². The summed E-state index contributed by atoms with van der Waals surface area (Å²) in [7, 11) is -3.09. The van der Waals surface area contributed by atoms with Gasteiger partial charge in [-0.3, -0.25) is 0 Å². The van der Waals surface area contributed by atoms with Crippen LogP contribution in [-0.2, 0) is 10.0 Å². The first kappa shape index (κ1) is 13.4. The molecule has 0 atom stereocenters. The molecule has 1 N–H and O–H groups in total. The van der Waals surface area contributed by atoms with Gasteiger partial charge in [-0.2, -0.15) is 0 Å². The maximum atomic E-state index is 11.4. The second-order valence-corrected chi connectivity index (χ2v) is 9.90. The molecule has 0 spiro atoms. The summed E-state index contributed by atoms with van der Waals surface area (Å²) in [5, 5.41) is 0. The standard InChI is InChI=1S/C13H22BrNO2S/c14-9-18(16,17)15-2-1-13-6-10-3-11(7-13)5-12(4-10)8-13/h10-12,15H,1-9H2. The molecular weight excluding hydrogens is 314 g/mol. The van der Waals surface area contributed by atoms with Gasteiger partial charge in [0.25, 0.3) is 0 Å². The molecule has 18 heavy (non-hydrogen) atoms. The third-order valence-electron chi connectivity index (χ3n) is 5.29. The van der Waals surface area contributed by atoms with Crippen LogP contribution in [0.25, 0.3) is 0 Å². The molecule has 0 radical (unpaired) electrons. The first-order valence-electron chi connectivity index (χ1n) is 7.04. The fraction of sp³-hybridized carbons (Fsp3) is 1.00. The Bertz CT molecular complexity index is 385. The Labute approximate surface area is 118 Å². The summed E-state index contributed by atoms with van der Waals surface area (Å²) >= 11 is 3.01. The zero-order valence-corrected chi connectivity index (χ0v) is 13.1. The molecule has 4 aliphatic rings. The molecule has 4 bridgehead atoms. The summed E-state index contributed by atoms with van der Waals surface area (Å²) in [5.41, 5.74) is 0.476. The van der Waals surface area contributed by atoms with Gasteiger partial charge < -0.3 is 0 Å². The SMILES string of the molecule is O=S(=O)(CBr)NCCC12CC3CC(CC(C3)C1)C2. The summed E-state index contributed by atoms with van der Waals surface area (Å²) < 4.78 is 25.6. The molecule has 4 saturated carbocycles. The quantitative estimate of drug-likeness (QED) is 0.785. The number of hydrogen-bond acceptors (Lipinski definition) is 2. The van der Waals surface area contributed by atoms with Crippen LogP contribution < -0.4 is 4.72 Å². The van der Waals surface area contributed by atoms with Crippen LogP contribution in [0.4, 0.5) is 0 Å². The van der Waals surface area contributed by atoms with Crippen molar-refractivity contribution in [3.63, 3.8) is 0 Å². The van der Waals surface area contributed by atoms with E-state index in [0.29, 0.717) is 12.0 Å². The minimum atomic E-state index is -3.09. The van der Waals surface area contributed by atoms with Crippen molar-refractivity contribution in [2.45, 2.75) is 44.9 Å². The summed E-state index contributed by atoms with van der Waals surface area (Å²) in [4.78, 5) is 0. The maximum absolute atomic E-state index is 11.4. The van der Waals surface area contributed by atoms with E-state index in [4.69, 9.17) is 0 Å². The van der Waals surface area contributed by atoms with E-state index >= 15 is 0 Å². The smallest absolute Gasteiger partial charge is 0.214 e. The normalized spacial score (nSPS) is 42.4. The molecule has 4 fully saturated rings. The second-order valence-electron chi connectivity index (χ2n) is 6.79. The average molecular weight is 336 g/mol. The molecule has 0 aromatic carbocycles. The van der Waals surface area contributed by atoms with Gasteiger partial charge in [-0.1, -0.05) is 15.9 Å². The largest absolute Gasteiger partial charge is 0.221 e. The summed E-state index contributed by atoms with van der Waals surface area (Å²) in [6, 6.07) is 0. The Kier molecular flexibility index (Phi) is 3.52. The van der Waals surface area contributed by atoms with Crippen molar-refractivity contribution >= 4 is 26.0 Å². The molecule has 3 nitrogen and oxygen atoms in total. The molecule has 4 rings (SSSR count). The van der Waals surface area contributed by atoms with Gasteiger partial charge in [0, 0.05) is 6.54 Å². The van der Waals surface area contributed by atoms with E-state index in [9.17, 15) is 8.42 Å². The Morgan fingerprint density at radius 1 is 1.06 bits per heavy atom. The Balaban J connectivity index is 1.59. The van der Waals surface area contributed by atoms with Crippen LogP contribution in [0.15, 0.2) is 0 Å². The predicted octanol–water partition coefficient (Wildman–Crippen LogP) is 2.86. The van der Waals surface area contributed by atoms with E-state index in [2.05, 4.69) is 20.7 Å². The molecule has 0 saturated heterocycles. The third kappa shape index (κ3) is 2.63. The topological polar surface area (TPSA) is 46.2 Å². The summed E-state index contributed by atoms with van der Waals surface area (Å²) in [6.07, 6.45) is 9.47. The lowest BCUT2D eigenvalue weighted by molar-refractivity contribution is -0.0561. The van der Waals surface area contributed by atoms with Crippen molar-refractivity contribution in [1.29, 1.82) is 0 Å². The van der Waals surface area contributed by atoms with Crippen molar-refractivity contribution < 1.29 is 8.42 Å². The Morgan fingerprint density at radius 2 is 1.56 bits per heavy atom. The highest BCUT2D eigenvalue weighted by Crippen LogP contribution is 2.61. The fourth-order valence-corrected chi connectivity index (χ4v) is 6.08. The molecule has 0 aliphatic heterocycles. The van der Waals surface area contributed by atoms with Crippen molar-refractivity contribution in [1.82, 2.24) is 4.72 Å². The summed E-state index contributed by atoms with van der Waals surface area (Å²) in [6.45, 7) is 0.625. The Hall–Kier alpha value is 0.390. The molecule has 0 amide bonds. The minimum absolute atomic E-state index is 0.0148. The van der Waals surface area contributed by atoms with Gasteiger partial charge in [0.15, 0.2) is 0 Å². The molecule has 0 unspecified atom stereocenters. The molecule has 0 aromatic heterocycles. The molecule has 104 valence electrons. The third-order valence-corrected chi connectivity index (χ3v) is 8.03. The van der Waals surface area contributed by atoms with Crippen LogP contribution in [0.1, 0.15) is 44.9 Å². The zero-order valence-electron chi connectivity index (χ0n) is 10.7. The van der Waals surface area contributed by atoms with Crippen LogP contribution in [0, 0.1) is 23.2 Å². The van der Waals surface area contributed by atoms with Crippen LogP contribution in [0.5, 0.6) is 0 Å². The first-order valence-corrected chi connectivity index (χ1v) is 9.81. The van der Waals surface area contributed by atoms with Crippen LogP contribution in [0.2, 0.25) is 0 Å². The fourth-order valence-electron chi connectivity index (χ4n) is 5.11. The van der Waals surface area contributed by atoms with Crippen LogP contribution in [0.3, 0.4) is 0 Å². The van der Waals surface area contributed by atoms with Gasteiger partial charge in [0.1, 0.15) is 4.66 Å². The number of nitrogens with one attached hydrogen (secondary N) is 1.